The number of morpholine rings is 1. The minimum absolute atomic E-state index is 0.115. The van der Waals surface area contributed by atoms with Gasteiger partial charge in [0.2, 0.25) is 0 Å². The SMILES string of the molecule is CC(C)(C)c1cc(C(=O)N2CCOC(CC(=O)O)C2)no1. The highest BCUT2D eigenvalue weighted by molar-refractivity contribution is 5.92. The van der Waals surface area contributed by atoms with Crippen molar-refractivity contribution in [3.05, 3.63) is 17.5 Å². The zero-order chi connectivity index (χ0) is 15.6. The van der Waals surface area contributed by atoms with Crippen molar-refractivity contribution in [2.75, 3.05) is 19.7 Å². The third-order valence-corrected chi connectivity index (χ3v) is 3.30. The van der Waals surface area contributed by atoms with Crippen LogP contribution < -0.4 is 0 Å². The number of aliphatic carboxylic acids is 1. The molecule has 1 aliphatic rings. The fraction of sp³-hybridized carbons (Fsp3) is 0.643. The number of hydrogen-bond donors (Lipinski definition) is 1. The first-order valence-electron chi connectivity index (χ1n) is 6.87. The van der Waals surface area contributed by atoms with Gasteiger partial charge in [0, 0.05) is 24.6 Å². The molecule has 0 aromatic carbocycles. The lowest BCUT2D eigenvalue weighted by molar-refractivity contribution is -0.141. The molecule has 1 amide bonds. The normalized spacial score (nSPS) is 19.6. The van der Waals surface area contributed by atoms with E-state index in [0.717, 1.165) is 0 Å². The zero-order valence-electron chi connectivity index (χ0n) is 12.5. The topological polar surface area (TPSA) is 92.9 Å². The molecule has 1 aromatic heterocycles. The predicted octanol–water partition coefficient (Wildman–Crippen LogP) is 1.29. The summed E-state index contributed by atoms with van der Waals surface area (Å²) in [4.78, 5) is 24.6. The van der Waals surface area contributed by atoms with Crippen LogP contribution in [0.3, 0.4) is 0 Å². The Morgan fingerprint density at radius 2 is 2.19 bits per heavy atom. The number of nitrogens with zero attached hydrogens (tertiary/aromatic N) is 2. The van der Waals surface area contributed by atoms with Crippen molar-refractivity contribution in [3.63, 3.8) is 0 Å². The van der Waals surface area contributed by atoms with E-state index in [2.05, 4.69) is 5.16 Å². The van der Waals surface area contributed by atoms with Gasteiger partial charge in [-0.2, -0.15) is 0 Å². The smallest absolute Gasteiger partial charge is 0.306 e. The fourth-order valence-corrected chi connectivity index (χ4v) is 2.11. The van der Waals surface area contributed by atoms with Gasteiger partial charge in [-0.15, -0.1) is 0 Å². The number of carboxylic acid groups (broad SMARTS) is 1. The molecule has 0 saturated carbocycles. The predicted molar refractivity (Wildman–Crippen MR) is 73.1 cm³/mol. The maximum atomic E-state index is 12.4. The van der Waals surface area contributed by atoms with Gasteiger partial charge in [0.15, 0.2) is 5.69 Å². The number of aromatic nitrogens is 1. The van der Waals surface area contributed by atoms with Crippen LogP contribution in [0.1, 0.15) is 43.4 Å². The first kappa shape index (κ1) is 15.5. The molecule has 1 aromatic rings. The highest BCUT2D eigenvalue weighted by atomic mass is 16.5. The van der Waals surface area contributed by atoms with Crippen molar-refractivity contribution in [1.29, 1.82) is 0 Å². The van der Waals surface area contributed by atoms with Gasteiger partial charge in [0.05, 0.1) is 19.1 Å². The van der Waals surface area contributed by atoms with E-state index in [0.29, 0.717) is 18.9 Å². The molecule has 1 aliphatic heterocycles. The Kier molecular flexibility index (Phi) is 4.32. The molecule has 0 spiro atoms. The Hall–Kier alpha value is -1.89. The summed E-state index contributed by atoms with van der Waals surface area (Å²) in [5.74, 6) is -0.556. The summed E-state index contributed by atoms with van der Waals surface area (Å²) in [5.41, 5.74) is 0.0263. The second-order valence-electron chi connectivity index (χ2n) is 6.17. The van der Waals surface area contributed by atoms with Gasteiger partial charge >= 0.3 is 5.97 Å². The number of rotatable bonds is 3. The maximum absolute atomic E-state index is 12.4. The summed E-state index contributed by atoms with van der Waals surface area (Å²) in [5, 5.41) is 12.6. The molecule has 2 rings (SSSR count). The van der Waals surface area contributed by atoms with Gasteiger partial charge in [-0.05, 0) is 0 Å². The lowest BCUT2D eigenvalue weighted by Crippen LogP contribution is -2.46. The largest absolute Gasteiger partial charge is 0.481 e. The monoisotopic (exact) mass is 296 g/mol. The molecule has 0 aliphatic carbocycles. The molecule has 21 heavy (non-hydrogen) atoms. The van der Waals surface area contributed by atoms with Crippen LogP contribution in [0.15, 0.2) is 10.6 Å². The summed E-state index contributed by atoms with van der Waals surface area (Å²) in [6.07, 6.45) is -0.593. The molecule has 0 radical (unpaired) electrons. The molecule has 2 heterocycles. The standard InChI is InChI=1S/C14H20N2O5/c1-14(2,3)11-7-10(15-21-11)13(19)16-4-5-20-9(8-16)6-12(17)18/h7,9H,4-6,8H2,1-3H3,(H,17,18). The van der Waals surface area contributed by atoms with E-state index >= 15 is 0 Å². The molecular formula is C14H20N2O5. The highest BCUT2D eigenvalue weighted by Crippen LogP contribution is 2.23. The Balaban J connectivity index is 2.05. The minimum Gasteiger partial charge on any atom is -0.481 e. The van der Waals surface area contributed by atoms with Gasteiger partial charge < -0.3 is 19.3 Å². The minimum atomic E-state index is -0.939. The zero-order valence-corrected chi connectivity index (χ0v) is 12.5. The van der Waals surface area contributed by atoms with Gasteiger partial charge in [-0.1, -0.05) is 25.9 Å². The van der Waals surface area contributed by atoms with E-state index in [1.807, 2.05) is 20.8 Å². The molecule has 7 nitrogen and oxygen atoms in total. The van der Waals surface area contributed by atoms with Crippen molar-refractivity contribution in [2.45, 2.75) is 38.7 Å². The first-order chi connectivity index (χ1) is 9.77. The second kappa shape index (κ2) is 5.85. The molecule has 116 valence electrons. The molecule has 7 heteroatoms. The van der Waals surface area contributed by atoms with Crippen LogP contribution >= 0.6 is 0 Å². The Bertz CT molecular complexity index is 532. The molecular weight excluding hydrogens is 276 g/mol. The van der Waals surface area contributed by atoms with Crippen LogP contribution in [0, 0.1) is 0 Å². The van der Waals surface area contributed by atoms with Gasteiger partial charge in [-0.25, -0.2) is 0 Å². The van der Waals surface area contributed by atoms with E-state index in [1.165, 1.54) is 0 Å². The average Bonchev–Trinajstić information content (AvgIpc) is 2.86. The summed E-state index contributed by atoms with van der Waals surface area (Å²) in [7, 11) is 0. The highest BCUT2D eigenvalue weighted by Gasteiger charge is 2.29. The van der Waals surface area contributed by atoms with E-state index in [9.17, 15) is 9.59 Å². The Morgan fingerprint density at radius 1 is 1.48 bits per heavy atom. The maximum Gasteiger partial charge on any atom is 0.306 e. The number of hydrogen-bond acceptors (Lipinski definition) is 5. The van der Waals surface area contributed by atoms with Gasteiger partial charge in [-0.3, -0.25) is 9.59 Å². The van der Waals surface area contributed by atoms with E-state index < -0.39 is 12.1 Å². The molecule has 1 fully saturated rings. The lowest BCUT2D eigenvalue weighted by Gasteiger charge is -2.31. The molecule has 1 saturated heterocycles. The van der Waals surface area contributed by atoms with E-state index in [4.69, 9.17) is 14.4 Å². The van der Waals surface area contributed by atoms with Crippen LogP contribution in [-0.2, 0) is 14.9 Å². The van der Waals surface area contributed by atoms with E-state index in [1.54, 1.807) is 11.0 Å². The lowest BCUT2D eigenvalue weighted by atomic mass is 9.93. The molecule has 0 bridgehead atoms. The summed E-state index contributed by atoms with van der Waals surface area (Å²) in [6.45, 7) is 6.92. The van der Waals surface area contributed by atoms with E-state index in [-0.39, 0.29) is 30.0 Å². The number of carboxylic acids is 1. The second-order valence-corrected chi connectivity index (χ2v) is 6.17. The summed E-state index contributed by atoms with van der Waals surface area (Å²) >= 11 is 0. The van der Waals surface area contributed by atoms with Gasteiger partial charge in [0.1, 0.15) is 5.76 Å². The van der Waals surface area contributed by atoms with Crippen molar-refractivity contribution >= 4 is 11.9 Å². The van der Waals surface area contributed by atoms with Crippen LogP contribution in [0.4, 0.5) is 0 Å². The Morgan fingerprint density at radius 3 is 2.76 bits per heavy atom. The first-order valence-corrected chi connectivity index (χ1v) is 6.87. The molecule has 1 unspecified atom stereocenters. The van der Waals surface area contributed by atoms with Crippen molar-refractivity contribution in [1.82, 2.24) is 10.1 Å². The molecule has 1 N–H and O–H groups in total. The van der Waals surface area contributed by atoms with Crippen LogP contribution in [0.25, 0.3) is 0 Å². The average molecular weight is 296 g/mol. The number of amides is 1. The number of ether oxygens (including phenoxy) is 1. The third-order valence-electron chi connectivity index (χ3n) is 3.30. The van der Waals surface area contributed by atoms with Crippen molar-refractivity contribution in [3.8, 4) is 0 Å². The van der Waals surface area contributed by atoms with Crippen LogP contribution in [-0.4, -0.2) is 52.8 Å². The third kappa shape index (κ3) is 3.81. The number of carbonyl (C=O) groups excluding carboxylic acids is 1. The fourth-order valence-electron chi connectivity index (χ4n) is 2.11. The molecule has 1 atom stereocenters. The Labute approximate surface area is 122 Å². The summed E-state index contributed by atoms with van der Waals surface area (Å²) in [6, 6.07) is 1.64. The van der Waals surface area contributed by atoms with Gasteiger partial charge in [0.25, 0.3) is 5.91 Å². The summed E-state index contributed by atoms with van der Waals surface area (Å²) < 4.78 is 10.6. The van der Waals surface area contributed by atoms with Crippen LogP contribution in [0.5, 0.6) is 0 Å². The van der Waals surface area contributed by atoms with Crippen LogP contribution in [0.2, 0.25) is 0 Å². The number of carbonyl (C=O) groups is 2. The van der Waals surface area contributed by atoms with Crippen molar-refractivity contribution in [2.24, 2.45) is 0 Å². The quantitative estimate of drug-likeness (QED) is 0.903. The van der Waals surface area contributed by atoms with Crippen molar-refractivity contribution < 1.29 is 24.0 Å².